The van der Waals surface area contributed by atoms with Crippen molar-refractivity contribution in [2.75, 3.05) is 69.8 Å². The van der Waals surface area contributed by atoms with E-state index in [1.807, 2.05) is 29.2 Å². The number of aromatic nitrogens is 2. The van der Waals surface area contributed by atoms with E-state index in [0.717, 1.165) is 74.6 Å². The first-order valence-corrected chi connectivity index (χ1v) is 12.5. The fraction of sp³-hybridized carbons (Fsp3) is 0.577. The van der Waals surface area contributed by atoms with Crippen molar-refractivity contribution in [3.8, 4) is 5.75 Å². The molecule has 0 bridgehead atoms. The molecular formula is C26H36N6O2. The van der Waals surface area contributed by atoms with Crippen molar-refractivity contribution in [3.63, 3.8) is 0 Å². The van der Waals surface area contributed by atoms with Crippen molar-refractivity contribution in [1.29, 1.82) is 0 Å². The summed E-state index contributed by atoms with van der Waals surface area (Å²) in [5, 5.41) is 0. The molecule has 0 spiro atoms. The zero-order valence-corrected chi connectivity index (χ0v) is 20.7. The second-order valence-electron chi connectivity index (χ2n) is 9.91. The first kappa shape index (κ1) is 22.9. The number of carbonyl (C=O) groups excluding carboxylic acids is 1. The summed E-state index contributed by atoms with van der Waals surface area (Å²) in [5.74, 6) is 3.25. The number of amides is 1. The Balaban J connectivity index is 1.46. The molecule has 3 aliphatic rings. The summed E-state index contributed by atoms with van der Waals surface area (Å²) in [6.45, 7) is 9.48. The number of fused-ring (bicyclic) bond motifs is 1. The zero-order valence-electron chi connectivity index (χ0n) is 20.7. The monoisotopic (exact) mass is 464 g/mol. The number of piperidine rings is 1. The molecule has 2 fully saturated rings. The van der Waals surface area contributed by atoms with Gasteiger partial charge in [0.25, 0.3) is 5.91 Å². The first-order valence-electron chi connectivity index (χ1n) is 12.5. The molecule has 5 rings (SSSR count). The van der Waals surface area contributed by atoms with E-state index in [0.29, 0.717) is 24.4 Å². The van der Waals surface area contributed by atoms with Crippen molar-refractivity contribution in [1.82, 2.24) is 19.8 Å². The molecule has 0 N–H and O–H groups in total. The average molecular weight is 465 g/mol. The number of ether oxygens (including phenoxy) is 1. The minimum absolute atomic E-state index is 0.00413. The maximum Gasteiger partial charge on any atom is 0.257 e. The molecule has 0 unspecified atom stereocenters. The molecule has 182 valence electrons. The Morgan fingerprint density at radius 1 is 0.971 bits per heavy atom. The summed E-state index contributed by atoms with van der Waals surface area (Å²) >= 11 is 0. The Morgan fingerprint density at radius 3 is 2.44 bits per heavy atom. The Hall–Kier alpha value is -2.87. The quantitative estimate of drug-likeness (QED) is 0.689. The number of para-hydroxylation sites is 1. The summed E-state index contributed by atoms with van der Waals surface area (Å²) in [6.07, 6.45) is 3.09. The molecule has 1 amide bonds. The highest BCUT2D eigenvalue weighted by Gasteiger charge is 2.31. The van der Waals surface area contributed by atoms with Crippen LogP contribution in [0.2, 0.25) is 0 Å². The zero-order chi connectivity index (χ0) is 23.7. The van der Waals surface area contributed by atoms with Gasteiger partial charge in [-0.3, -0.25) is 4.79 Å². The molecule has 8 nitrogen and oxygen atoms in total. The van der Waals surface area contributed by atoms with Gasteiger partial charge in [0.2, 0.25) is 5.95 Å². The van der Waals surface area contributed by atoms with Crippen LogP contribution in [-0.4, -0.2) is 85.6 Å². The van der Waals surface area contributed by atoms with Crippen LogP contribution < -0.4 is 14.5 Å². The molecule has 0 saturated carbocycles. The molecule has 2 saturated heterocycles. The maximum absolute atomic E-state index is 13.4. The third-order valence-corrected chi connectivity index (χ3v) is 7.52. The van der Waals surface area contributed by atoms with Crippen LogP contribution >= 0.6 is 0 Å². The summed E-state index contributed by atoms with van der Waals surface area (Å²) in [4.78, 5) is 32.7. The van der Waals surface area contributed by atoms with E-state index in [-0.39, 0.29) is 5.91 Å². The predicted octanol–water partition coefficient (Wildman–Crippen LogP) is 2.67. The molecule has 0 radical (unpaired) electrons. The van der Waals surface area contributed by atoms with Crippen LogP contribution in [0.5, 0.6) is 5.75 Å². The second-order valence-corrected chi connectivity index (χ2v) is 9.91. The standard InChI is InChI=1S/C26H36N6O2/c1-19-8-11-30(12-9-19)24-21-18-32(25(33)20-6-4-5-7-23(20)34-3)13-10-22(21)27-26(28-24)31-16-14-29(2)15-17-31/h4-7,19H,8-18H2,1-3H3. The number of rotatable bonds is 4. The lowest BCUT2D eigenvalue weighted by molar-refractivity contribution is 0.0730. The number of hydrogen-bond acceptors (Lipinski definition) is 7. The number of nitrogens with zero attached hydrogens (tertiary/aromatic N) is 6. The SMILES string of the molecule is COc1ccccc1C(=O)N1CCc2nc(N3CCN(C)CC3)nc(N3CCC(C)CC3)c2C1. The van der Waals surface area contributed by atoms with E-state index < -0.39 is 0 Å². The lowest BCUT2D eigenvalue weighted by Crippen LogP contribution is -2.46. The van der Waals surface area contributed by atoms with E-state index in [2.05, 4.69) is 28.7 Å². The van der Waals surface area contributed by atoms with Gasteiger partial charge in [-0.15, -0.1) is 0 Å². The topological polar surface area (TPSA) is 65.0 Å². The molecule has 0 atom stereocenters. The number of likely N-dealkylation sites (N-methyl/N-ethyl adjacent to an activating group) is 1. The van der Waals surface area contributed by atoms with Gasteiger partial charge in [-0.2, -0.15) is 4.98 Å². The second kappa shape index (κ2) is 9.78. The molecule has 0 aliphatic carbocycles. The lowest BCUT2D eigenvalue weighted by Gasteiger charge is -2.38. The van der Waals surface area contributed by atoms with Crippen molar-refractivity contribution >= 4 is 17.7 Å². The summed E-state index contributed by atoms with van der Waals surface area (Å²) in [6, 6.07) is 7.47. The fourth-order valence-corrected chi connectivity index (χ4v) is 5.18. The van der Waals surface area contributed by atoms with Gasteiger partial charge in [0, 0.05) is 57.8 Å². The first-order chi connectivity index (χ1) is 16.5. The van der Waals surface area contributed by atoms with Gasteiger partial charge in [-0.25, -0.2) is 4.98 Å². The van der Waals surface area contributed by atoms with E-state index in [9.17, 15) is 4.79 Å². The Kier molecular flexibility index (Phi) is 6.59. The molecule has 3 aliphatic heterocycles. The van der Waals surface area contributed by atoms with Crippen LogP contribution in [0.1, 0.15) is 41.4 Å². The van der Waals surface area contributed by atoms with Crippen molar-refractivity contribution in [3.05, 3.63) is 41.1 Å². The number of carbonyl (C=O) groups is 1. The smallest absolute Gasteiger partial charge is 0.257 e. The third kappa shape index (κ3) is 4.56. The number of methoxy groups -OCH3 is 1. The minimum Gasteiger partial charge on any atom is -0.496 e. The fourth-order valence-electron chi connectivity index (χ4n) is 5.18. The third-order valence-electron chi connectivity index (χ3n) is 7.52. The minimum atomic E-state index is 0.00413. The highest BCUT2D eigenvalue weighted by atomic mass is 16.5. The number of anilines is 2. The number of piperazine rings is 1. The average Bonchev–Trinajstić information content (AvgIpc) is 2.88. The van der Waals surface area contributed by atoms with Crippen LogP contribution in [0, 0.1) is 5.92 Å². The van der Waals surface area contributed by atoms with Gasteiger partial charge in [0.1, 0.15) is 11.6 Å². The highest BCUT2D eigenvalue weighted by molar-refractivity contribution is 5.97. The largest absolute Gasteiger partial charge is 0.496 e. The van der Waals surface area contributed by atoms with Crippen molar-refractivity contribution < 1.29 is 9.53 Å². The Labute approximate surface area is 202 Å². The summed E-state index contributed by atoms with van der Waals surface area (Å²) in [7, 11) is 3.78. The van der Waals surface area contributed by atoms with E-state index >= 15 is 0 Å². The highest BCUT2D eigenvalue weighted by Crippen LogP contribution is 2.33. The van der Waals surface area contributed by atoms with Crippen LogP contribution in [0.25, 0.3) is 0 Å². The lowest BCUT2D eigenvalue weighted by atomic mass is 9.98. The van der Waals surface area contributed by atoms with Gasteiger partial charge in [-0.1, -0.05) is 19.1 Å². The van der Waals surface area contributed by atoms with Crippen molar-refractivity contribution in [2.24, 2.45) is 5.92 Å². The predicted molar refractivity (Wildman–Crippen MR) is 134 cm³/mol. The van der Waals surface area contributed by atoms with Crippen LogP contribution in [-0.2, 0) is 13.0 Å². The summed E-state index contributed by atoms with van der Waals surface area (Å²) < 4.78 is 5.46. The van der Waals surface area contributed by atoms with Gasteiger partial charge < -0.3 is 24.3 Å². The molecule has 8 heteroatoms. The Morgan fingerprint density at radius 2 is 1.71 bits per heavy atom. The van der Waals surface area contributed by atoms with Gasteiger partial charge in [-0.05, 0) is 37.9 Å². The van der Waals surface area contributed by atoms with Crippen LogP contribution in [0.15, 0.2) is 24.3 Å². The van der Waals surface area contributed by atoms with Gasteiger partial charge in [0.05, 0.1) is 24.9 Å². The van der Waals surface area contributed by atoms with Crippen LogP contribution in [0.3, 0.4) is 0 Å². The maximum atomic E-state index is 13.4. The Bertz CT molecular complexity index is 1030. The summed E-state index contributed by atoms with van der Waals surface area (Å²) in [5.41, 5.74) is 2.82. The van der Waals surface area contributed by atoms with Crippen molar-refractivity contribution in [2.45, 2.75) is 32.7 Å². The molecule has 4 heterocycles. The number of hydrogen-bond donors (Lipinski definition) is 0. The van der Waals surface area contributed by atoms with Crippen LogP contribution in [0.4, 0.5) is 11.8 Å². The molecule has 1 aromatic heterocycles. The van der Waals surface area contributed by atoms with E-state index in [1.165, 1.54) is 12.8 Å². The van der Waals surface area contributed by atoms with Gasteiger partial charge >= 0.3 is 0 Å². The van der Waals surface area contributed by atoms with E-state index in [1.54, 1.807) is 7.11 Å². The number of benzene rings is 1. The normalized spacial score (nSPS) is 19.8. The molecule has 1 aromatic carbocycles. The molecular weight excluding hydrogens is 428 g/mol. The van der Waals surface area contributed by atoms with E-state index in [4.69, 9.17) is 14.7 Å². The van der Waals surface area contributed by atoms with Gasteiger partial charge in [0.15, 0.2) is 0 Å². The molecule has 2 aromatic rings. The molecule has 34 heavy (non-hydrogen) atoms.